The molecule has 3 nitrogen and oxygen atoms in total. The molecule has 0 aliphatic heterocycles. The van der Waals surface area contributed by atoms with Gasteiger partial charge in [-0.1, -0.05) is 163 Å². The lowest BCUT2D eigenvalue weighted by Gasteiger charge is -2.26. The van der Waals surface area contributed by atoms with Crippen LogP contribution in [0.1, 0.15) is 79.7 Å². The van der Waals surface area contributed by atoms with Crippen LogP contribution in [0.5, 0.6) is 0 Å². The Balaban J connectivity index is 1.24. The monoisotopic (exact) mass is 726 g/mol. The molecule has 4 heteroatoms. The van der Waals surface area contributed by atoms with Crippen LogP contribution in [0.25, 0.3) is 61.2 Å². The van der Waals surface area contributed by atoms with E-state index in [4.69, 9.17) is 12.1 Å². The molecule has 0 saturated heterocycles. The van der Waals surface area contributed by atoms with Gasteiger partial charge in [0.2, 0.25) is 0 Å². The minimum Gasteiger partial charge on any atom is -0.455 e. The summed E-state index contributed by atoms with van der Waals surface area (Å²) in [5, 5.41) is 4.86. The van der Waals surface area contributed by atoms with Crippen LogP contribution in [0, 0.1) is 5.41 Å². The maximum atomic E-state index is 8.75. The van der Waals surface area contributed by atoms with Crippen molar-refractivity contribution in [3.63, 3.8) is 0 Å². The first-order chi connectivity index (χ1) is 26.6. The second-order valence-corrected chi connectivity index (χ2v) is 21.4. The van der Waals surface area contributed by atoms with Crippen molar-refractivity contribution < 1.29 is 7.16 Å². The van der Waals surface area contributed by atoms with Gasteiger partial charge in [0.25, 0.3) is 0 Å². The number of aromatic nitrogens is 2. The fraction of sp³-hybridized carbons (Fsp3) is 0.260. The van der Waals surface area contributed by atoms with E-state index >= 15 is 0 Å². The van der Waals surface area contributed by atoms with E-state index in [0.717, 1.165) is 49.9 Å². The topological polar surface area (TPSA) is 31.0 Å². The van der Waals surface area contributed by atoms with Gasteiger partial charge >= 0.3 is 0 Å². The number of imidazole rings is 1. The number of benzene rings is 6. The first kappa shape index (κ1) is 33.4. The van der Waals surface area contributed by atoms with Gasteiger partial charge in [0, 0.05) is 13.5 Å². The summed E-state index contributed by atoms with van der Waals surface area (Å²) >= 11 is 0. The Hall–Kier alpha value is -5.19. The highest BCUT2D eigenvalue weighted by molar-refractivity contribution is 7.00. The van der Waals surface area contributed by atoms with Crippen molar-refractivity contribution >= 4 is 51.4 Å². The summed E-state index contributed by atoms with van der Waals surface area (Å²) in [4.78, 5) is 5.33. The summed E-state index contributed by atoms with van der Waals surface area (Å²) in [6.07, 6.45) is -1.41. The third kappa shape index (κ3) is 6.41. The number of fused-ring (bicyclic) bond motifs is 4. The average molecular weight is 727 g/mol. The normalized spacial score (nSPS) is 13.4. The summed E-state index contributed by atoms with van der Waals surface area (Å²) in [6, 6.07) is 45.4. The van der Waals surface area contributed by atoms with Gasteiger partial charge in [0.1, 0.15) is 25.1 Å². The molecule has 2 aromatic heterocycles. The quantitative estimate of drug-likeness (QED) is 0.146. The molecule has 272 valence electrons. The highest BCUT2D eigenvalue weighted by Gasteiger charge is 2.28. The SMILES string of the molecule is [2H]C([2H])(c1ccc([Si](C)(C)c2ccc(-c3cc(C(C)C)c(-n4c(-c5cccc6c5oc5ccccc56)nc5ccccc54)c(C(C)C)c3)cc2)cc1)C(C)(C)C. The zero-order chi connectivity index (χ0) is 39.7. The molecular formula is C50H52N2OSi. The second-order valence-electron chi connectivity index (χ2n) is 17.0. The number of para-hydroxylation sites is 4. The van der Waals surface area contributed by atoms with E-state index in [0.29, 0.717) is 0 Å². The van der Waals surface area contributed by atoms with Crippen molar-refractivity contribution in [3.8, 4) is 28.2 Å². The molecule has 6 aromatic carbocycles. The third-order valence-electron chi connectivity index (χ3n) is 10.9. The molecule has 0 aliphatic carbocycles. The van der Waals surface area contributed by atoms with Crippen LogP contribution in [-0.2, 0) is 6.37 Å². The van der Waals surface area contributed by atoms with Crippen LogP contribution in [0.4, 0.5) is 0 Å². The van der Waals surface area contributed by atoms with Gasteiger partial charge in [0.05, 0.1) is 22.3 Å². The number of hydrogen-bond acceptors (Lipinski definition) is 2. The molecule has 0 unspecified atom stereocenters. The Kier molecular flexibility index (Phi) is 8.40. The lowest BCUT2D eigenvalue weighted by molar-refractivity contribution is 0.411. The maximum absolute atomic E-state index is 8.75. The van der Waals surface area contributed by atoms with Gasteiger partial charge in [-0.3, -0.25) is 4.57 Å². The van der Waals surface area contributed by atoms with Gasteiger partial charge < -0.3 is 4.42 Å². The minimum atomic E-state index is -2.05. The molecule has 8 aromatic rings. The maximum Gasteiger partial charge on any atom is 0.149 e. The summed E-state index contributed by atoms with van der Waals surface area (Å²) in [6.45, 7) is 19.8. The molecule has 0 saturated carbocycles. The van der Waals surface area contributed by atoms with Gasteiger partial charge in [0.15, 0.2) is 0 Å². The van der Waals surface area contributed by atoms with Crippen molar-refractivity contribution in [2.45, 2.75) is 79.8 Å². The molecule has 0 bridgehead atoms. The van der Waals surface area contributed by atoms with E-state index in [1.54, 1.807) is 0 Å². The average Bonchev–Trinajstić information content (AvgIpc) is 3.76. The van der Waals surface area contributed by atoms with E-state index in [9.17, 15) is 0 Å². The number of nitrogens with zero attached hydrogens (tertiary/aromatic N) is 2. The number of rotatable bonds is 8. The summed E-state index contributed by atoms with van der Waals surface area (Å²) in [5.41, 5.74) is 11.2. The largest absolute Gasteiger partial charge is 0.455 e. The number of furan rings is 1. The Bertz CT molecular complexity index is 2700. The van der Waals surface area contributed by atoms with E-state index in [1.165, 1.54) is 38.3 Å². The Morgan fingerprint density at radius 3 is 1.93 bits per heavy atom. The van der Waals surface area contributed by atoms with E-state index < -0.39 is 19.9 Å². The molecule has 2 heterocycles. The molecule has 0 N–H and O–H groups in total. The van der Waals surface area contributed by atoms with Gasteiger partial charge in [-0.25, -0.2) is 4.98 Å². The zero-order valence-corrected chi connectivity index (χ0v) is 34.1. The molecule has 54 heavy (non-hydrogen) atoms. The molecular weight excluding hydrogens is 673 g/mol. The van der Waals surface area contributed by atoms with Crippen LogP contribution in [0.15, 0.2) is 132 Å². The first-order valence-corrected chi connectivity index (χ1v) is 22.4. The van der Waals surface area contributed by atoms with E-state index in [1.807, 2.05) is 45.0 Å². The standard InChI is InChI=1S/C50H52N2OSi/c1-32(2)42-29-36(35-23-27-38(28-24-35)54(8,9)37-25-21-34(22-26-37)31-50(5,6)7)30-43(33(3)4)47(42)52-45-19-12-11-18-44(45)51-49(52)41-17-14-16-40-39-15-10-13-20-46(39)53-48(40)41/h10-30,32-33H,31H2,1-9H3/i31D2. The molecule has 0 fully saturated rings. The Labute approximate surface area is 324 Å². The van der Waals surface area contributed by atoms with Crippen LogP contribution >= 0.6 is 0 Å². The highest BCUT2D eigenvalue weighted by atomic mass is 28.3. The lowest BCUT2D eigenvalue weighted by atomic mass is 9.88. The predicted molar refractivity (Wildman–Crippen MR) is 234 cm³/mol. The van der Waals surface area contributed by atoms with Crippen LogP contribution in [0.3, 0.4) is 0 Å². The fourth-order valence-electron chi connectivity index (χ4n) is 7.99. The van der Waals surface area contributed by atoms with E-state index in [-0.39, 0.29) is 11.8 Å². The van der Waals surface area contributed by atoms with Gasteiger partial charge in [-0.2, -0.15) is 0 Å². The fourth-order valence-corrected chi connectivity index (χ4v) is 10.3. The zero-order valence-electron chi connectivity index (χ0n) is 35.1. The lowest BCUT2D eigenvalue weighted by Crippen LogP contribution is -2.52. The van der Waals surface area contributed by atoms with Gasteiger partial charge in [-0.05, 0) is 87.8 Å². The Morgan fingerprint density at radius 2 is 1.28 bits per heavy atom. The van der Waals surface area contributed by atoms with Crippen molar-refractivity contribution in [3.05, 3.63) is 144 Å². The third-order valence-corrected chi connectivity index (χ3v) is 14.5. The molecule has 0 aliphatic rings. The molecule has 0 amide bonds. The van der Waals surface area contributed by atoms with Crippen LogP contribution in [-0.4, -0.2) is 17.6 Å². The molecule has 0 radical (unpaired) electrons. The van der Waals surface area contributed by atoms with Gasteiger partial charge in [-0.15, -0.1) is 0 Å². The van der Waals surface area contributed by atoms with Crippen LogP contribution < -0.4 is 10.4 Å². The molecule has 8 rings (SSSR count). The second kappa shape index (κ2) is 13.6. The van der Waals surface area contributed by atoms with E-state index in [2.05, 4.69) is 148 Å². The van der Waals surface area contributed by atoms with Crippen molar-refractivity contribution in [1.29, 1.82) is 0 Å². The van der Waals surface area contributed by atoms with Crippen LogP contribution in [0.2, 0.25) is 13.1 Å². The summed E-state index contributed by atoms with van der Waals surface area (Å²) in [7, 11) is -2.05. The summed E-state index contributed by atoms with van der Waals surface area (Å²) in [5.74, 6) is 1.37. The van der Waals surface area contributed by atoms with Crippen molar-refractivity contribution in [1.82, 2.24) is 9.55 Å². The first-order valence-electron chi connectivity index (χ1n) is 20.4. The Morgan fingerprint density at radius 1 is 0.685 bits per heavy atom. The predicted octanol–water partition coefficient (Wildman–Crippen LogP) is 12.9. The summed E-state index contributed by atoms with van der Waals surface area (Å²) < 4.78 is 26.5. The van der Waals surface area contributed by atoms with Crippen molar-refractivity contribution in [2.75, 3.05) is 0 Å². The molecule has 0 spiro atoms. The minimum absolute atomic E-state index is 0.247. The van der Waals surface area contributed by atoms with Crippen molar-refractivity contribution in [2.24, 2.45) is 5.41 Å². The smallest absolute Gasteiger partial charge is 0.149 e. The number of hydrogen-bond donors (Lipinski definition) is 0. The highest BCUT2D eigenvalue weighted by Crippen LogP contribution is 2.42. The molecule has 0 atom stereocenters.